The lowest BCUT2D eigenvalue weighted by molar-refractivity contribution is 0.547. The first kappa shape index (κ1) is 13.7. The summed E-state index contributed by atoms with van der Waals surface area (Å²) in [5, 5.41) is 1.25. The molecule has 0 radical (unpaired) electrons. The molecule has 0 atom stereocenters. The van der Waals surface area contributed by atoms with Crippen LogP contribution in [0.15, 0.2) is 29.3 Å². The van der Waals surface area contributed by atoms with Crippen LogP contribution >= 0.6 is 23.4 Å². The van der Waals surface area contributed by atoms with Gasteiger partial charge in [-0.1, -0.05) is 35.5 Å². The van der Waals surface area contributed by atoms with E-state index in [1.165, 1.54) is 22.3 Å². The van der Waals surface area contributed by atoms with Crippen molar-refractivity contribution in [1.29, 1.82) is 0 Å². The first-order valence-corrected chi connectivity index (χ1v) is 8.57. The molecule has 1 aromatic rings. The van der Waals surface area contributed by atoms with Gasteiger partial charge in [-0.15, -0.1) is 0 Å². The van der Waals surface area contributed by atoms with E-state index < -0.39 is 10.0 Å². The summed E-state index contributed by atoms with van der Waals surface area (Å²) >= 11 is 7.31. The Bertz CT molecular complexity index is 572. The van der Waals surface area contributed by atoms with Crippen molar-refractivity contribution in [2.24, 2.45) is 4.99 Å². The maximum atomic E-state index is 11.5. The number of hydrogen-bond donors (Lipinski definition) is 0. The van der Waals surface area contributed by atoms with Gasteiger partial charge in [0.05, 0.1) is 19.3 Å². The smallest absolute Gasteiger partial charge is 0.233 e. The molecule has 0 spiro atoms. The molecule has 0 bridgehead atoms. The minimum absolute atomic E-state index is 0.441. The lowest BCUT2D eigenvalue weighted by atomic mass is 10.2. The zero-order chi connectivity index (χ0) is 13.2. The molecule has 0 N–H and O–H groups in total. The van der Waals surface area contributed by atoms with Gasteiger partial charge in [0.25, 0.3) is 0 Å². The monoisotopic (exact) mass is 304 g/mol. The lowest BCUT2D eigenvalue weighted by Gasteiger charge is -2.16. The predicted octanol–water partition coefficient (Wildman–Crippen LogP) is 2.20. The Morgan fingerprint density at radius 2 is 2.28 bits per heavy atom. The van der Waals surface area contributed by atoms with Crippen LogP contribution in [0.4, 0.5) is 0 Å². The molecule has 1 aliphatic rings. The Morgan fingerprint density at radius 3 is 2.94 bits per heavy atom. The van der Waals surface area contributed by atoms with Crippen LogP contribution in [0.1, 0.15) is 5.56 Å². The third-order valence-electron chi connectivity index (χ3n) is 2.42. The van der Waals surface area contributed by atoms with E-state index in [-0.39, 0.29) is 0 Å². The van der Waals surface area contributed by atoms with E-state index in [4.69, 9.17) is 11.6 Å². The van der Waals surface area contributed by atoms with Gasteiger partial charge in [-0.2, -0.15) is 0 Å². The highest BCUT2D eigenvalue weighted by molar-refractivity contribution is 8.14. The molecule has 4 nitrogen and oxygen atoms in total. The van der Waals surface area contributed by atoms with E-state index in [9.17, 15) is 8.42 Å². The number of benzene rings is 1. The van der Waals surface area contributed by atoms with Crippen molar-refractivity contribution < 1.29 is 8.42 Å². The highest BCUT2D eigenvalue weighted by atomic mass is 35.5. The molecule has 0 fully saturated rings. The second kappa shape index (κ2) is 5.50. The van der Waals surface area contributed by atoms with Gasteiger partial charge in [0.1, 0.15) is 0 Å². The molecule has 1 aromatic carbocycles. The number of halogens is 1. The average molecular weight is 305 g/mol. The summed E-state index contributed by atoms with van der Waals surface area (Å²) in [6, 6.07) is 7.52. The Hall–Kier alpha value is -0.720. The molecule has 0 amide bonds. The van der Waals surface area contributed by atoms with Crippen molar-refractivity contribution in [2.45, 2.75) is 5.75 Å². The molecular formula is C11H13ClN2O2S2. The van der Waals surface area contributed by atoms with Crippen molar-refractivity contribution >= 4 is 38.6 Å². The van der Waals surface area contributed by atoms with E-state index >= 15 is 0 Å². The van der Waals surface area contributed by atoms with Crippen molar-refractivity contribution in [3.8, 4) is 0 Å². The van der Waals surface area contributed by atoms with Crippen molar-refractivity contribution in [1.82, 2.24) is 4.31 Å². The number of sulfonamides is 1. The summed E-state index contributed by atoms with van der Waals surface area (Å²) in [5.41, 5.74) is 1.05. The van der Waals surface area contributed by atoms with Crippen molar-refractivity contribution in [3.63, 3.8) is 0 Å². The summed E-state index contributed by atoms with van der Waals surface area (Å²) in [7, 11) is -3.21. The zero-order valence-electron chi connectivity index (χ0n) is 9.84. The Kier molecular flexibility index (Phi) is 4.19. The van der Waals surface area contributed by atoms with Gasteiger partial charge in [0.2, 0.25) is 10.0 Å². The molecule has 7 heteroatoms. The molecule has 98 valence electrons. The number of thioether (sulfide) groups is 1. The van der Waals surface area contributed by atoms with E-state index in [0.29, 0.717) is 29.0 Å². The van der Waals surface area contributed by atoms with Crippen LogP contribution in [-0.2, 0) is 15.8 Å². The van der Waals surface area contributed by atoms with Crippen molar-refractivity contribution in [3.05, 3.63) is 34.9 Å². The summed E-state index contributed by atoms with van der Waals surface area (Å²) < 4.78 is 24.4. The van der Waals surface area contributed by atoms with Gasteiger partial charge >= 0.3 is 0 Å². The van der Waals surface area contributed by atoms with Crippen LogP contribution in [0, 0.1) is 0 Å². The number of nitrogens with zero attached hydrogens (tertiary/aromatic N) is 2. The third-order valence-corrected chi connectivity index (χ3v) is 5.01. The first-order valence-electron chi connectivity index (χ1n) is 5.36. The molecule has 2 rings (SSSR count). The zero-order valence-corrected chi connectivity index (χ0v) is 12.2. The average Bonchev–Trinajstić information content (AvgIpc) is 2.74. The van der Waals surface area contributed by atoms with Gasteiger partial charge in [-0.05, 0) is 17.7 Å². The van der Waals surface area contributed by atoms with Crippen LogP contribution < -0.4 is 0 Å². The van der Waals surface area contributed by atoms with Gasteiger partial charge in [0.15, 0.2) is 5.17 Å². The van der Waals surface area contributed by atoms with Gasteiger partial charge < -0.3 is 0 Å². The van der Waals surface area contributed by atoms with Gasteiger partial charge in [0, 0.05) is 10.8 Å². The Balaban J connectivity index is 2.03. The van der Waals surface area contributed by atoms with E-state index in [0.717, 1.165) is 5.56 Å². The molecule has 1 aliphatic heterocycles. The highest BCUT2D eigenvalue weighted by Gasteiger charge is 2.25. The van der Waals surface area contributed by atoms with E-state index in [2.05, 4.69) is 4.99 Å². The van der Waals surface area contributed by atoms with Crippen molar-refractivity contribution in [2.75, 3.05) is 19.3 Å². The molecule has 0 unspecified atom stereocenters. The lowest BCUT2D eigenvalue weighted by Crippen LogP contribution is -2.31. The molecule has 1 heterocycles. The van der Waals surface area contributed by atoms with Crippen LogP contribution in [0.2, 0.25) is 5.02 Å². The van der Waals surface area contributed by atoms with Gasteiger partial charge in [-0.25, -0.2) is 12.7 Å². The summed E-state index contributed by atoms with van der Waals surface area (Å²) in [6.45, 7) is 0.974. The third kappa shape index (κ3) is 3.40. The summed E-state index contributed by atoms with van der Waals surface area (Å²) in [6.07, 6.45) is 1.20. The van der Waals surface area contributed by atoms with Crippen LogP contribution in [0.5, 0.6) is 0 Å². The fourth-order valence-electron chi connectivity index (χ4n) is 1.61. The molecule has 0 aliphatic carbocycles. The minimum atomic E-state index is -3.21. The topological polar surface area (TPSA) is 49.7 Å². The quantitative estimate of drug-likeness (QED) is 0.860. The van der Waals surface area contributed by atoms with Crippen LogP contribution in [-0.4, -0.2) is 37.2 Å². The summed E-state index contributed by atoms with van der Waals surface area (Å²) in [4.78, 5) is 4.21. The van der Waals surface area contributed by atoms with Gasteiger partial charge in [-0.3, -0.25) is 4.99 Å². The van der Waals surface area contributed by atoms with Crippen LogP contribution in [0.3, 0.4) is 0 Å². The summed E-state index contributed by atoms with van der Waals surface area (Å²) in [5.74, 6) is 0.658. The highest BCUT2D eigenvalue weighted by Crippen LogP contribution is 2.22. The molecular weight excluding hydrogens is 292 g/mol. The maximum absolute atomic E-state index is 11.5. The normalized spacial score (nSPS) is 15.9. The molecule has 0 saturated carbocycles. The van der Waals surface area contributed by atoms with E-state index in [1.54, 1.807) is 0 Å². The Morgan fingerprint density at radius 1 is 1.50 bits per heavy atom. The number of hydrogen-bond acceptors (Lipinski definition) is 4. The minimum Gasteiger partial charge on any atom is -0.260 e. The Labute approximate surface area is 116 Å². The predicted molar refractivity (Wildman–Crippen MR) is 76.6 cm³/mol. The second-order valence-corrected chi connectivity index (χ2v) is 7.20. The largest absolute Gasteiger partial charge is 0.260 e. The van der Waals surface area contributed by atoms with E-state index in [1.807, 2.05) is 24.3 Å². The second-order valence-electron chi connectivity index (χ2n) is 3.92. The molecule has 18 heavy (non-hydrogen) atoms. The number of rotatable bonds is 3. The fourth-order valence-corrected chi connectivity index (χ4v) is 4.04. The van der Waals surface area contributed by atoms with Crippen LogP contribution in [0.25, 0.3) is 0 Å². The molecule has 0 saturated heterocycles. The molecule has 0 aromatic heterocycles. The number of aliphatic imine (C=N–C) groups is 1. The maximum Gasteiger partial charge on any atom is 0.233 e. The first-order chi connectivity index (χ1) is 8.47. The SMILES string of the molecule is CS(=O)(=O)N1CCN=C1SCc1cccc(Cl)c1. The standard InChI is InChI=1S/C11H13ClN2O2S2/c1-18(15,16)14-6-5-13-11(14)17-8-9-3-2-4-10(12)7-9/h2-4,7H,5-6,8H2,1H3. The fraction of sp³-hybridized carbons (Fsp3) is 0.364. The number of amidine groups is 1.